The van der Waals surface area contributed by atoms with E-state index in [1.807, 2.05) is 19.1 Å². The third kappa shape index (κ3) is 8.05. The molecular weight excluding hydrogens is 500 g/mol. The molecule has 0 unspecified atom stereocenters. The first kappa shape index (κ1) is 29.7. The van der Waals surface area contributed by atoms with E-state index in [0.717, 1.165) is 29.8 Å². The number of amides is 3. The highest BCUT2D eigenvalue weighted by molar-refractivity contribution is 5.96. The molecule has 1 saturated carbocycles. The number of methoxy groups -OCH3 is 1. The Morgan fingerprint density at radius 3 is 2.44 bits per heavy atom. The molecule has 0 radical (unpaired) electrons. The van der Waals surface area contributed by atoms with Gasteiger partial charge in [0.25, 0.3) is 5.91 Å². The molecule has 1 aliphatic rings. The molecule has 1 fully saturated rings. The highest BCUT2D eigenvalue weighted by atomic mass is 16.6. The minimum Gasteiger partial charge on any atom is -0.497 e. The molecule has 0 bridgehead atoms. The fourth-order valence-electron chi connectivity index (χ4n) is 3.96. The maximum atomic E-state index is 12.7. The number of aryl methyl sites for hydroxylation is 1. The van der Waals surface area contributed by atoms with Gasteiger partial charge in [0.2, 0.25) is 5.91 Å². The van der Waals surface area contributed by atoms with E-state index in [0.29, 0.717) is 42.6 Å². The number of benzene rings is 1. The first-order valence-electron chi connectivity index (χ1n) is 13.2. The monoisotopic (exact) mass is 540 g/mol. The van der Waals surface area contributed by atoms with Crippen LogP contribution in [0.1, 0.15) is 80.8 Å². The van der Waals surface area contributed by atoms with Crippen LogP contribution in [-0.2, 0) is 22.4 Å². The Morgan fingerprint density at radius 1 is 1.18 bits per heavy atom. The van der Waals surface area contributed by atoms with Gasteiger partial charge in [-0.05, 0) is 71.1 Å². The molecule has 1 heterocycles. The van der Waals surface area contributed by atoms with E-state index in [1.165, 1.54) is 11.9 Å². The van der Waals surface area contributed by atoms with Crippen LogP contribution in [0.2, 0.25) is 0 Å². The maximum Gasteiger partial charge on any atom is 0.410 e. The molecule has 39 heavy (non-hydrogen) atoms. The Hall–Kier alpha value is -3.89. The molecule has 1 aromatic carbocycles. The van der Waals surface area contributed by atoms with Gasteiger partial charge in [0.05, 0.1) is 18.5 Å². The van der Waals surface area contributed by atoms with Crippen LogP contribution in [0.4, 0.5) is 16.3 Å². The Balaban J connectivity index is 1.71. The second-order valence-corrected chi connectivity index (χ2v) is 10.7. The maximum absolute atomic E-state index is 12.7. The third-order valence-corrected chi connectivity index (χ3v) is 6.35. The molecule has 1 aliphatic carbocycles. The summed E-state index contributed by atoms with van der Waals surface area (Å²) in [5.74, 6) is 0.317. The lowest BCUT2D eigenvalue weighted by Crippen LogP contribution is -2.47. The number of nitrogens with zero attached hydrogens (tertiary/aromatic N) is 3. The van der Waals surface area contributed by atoms with Crippen molar-refractivity contribution in [3.63, 3.8) is 0 Å². The van der Waals surface area contributed by atoms with Crippen molar-refractivity contribution in [2.75, 3.05) is 26.0 Å². The molecule has 1 atom stereocenters. The highest BCUT2D eigenvalue weighted by Gasteiger charge is 2.30. The predicted molar refractivity (Wildman–Crippen MR) is 148 cm³/mol. The second kappa shape index (κ2) is 12.3. The van der Waals surface area contributed by atoms with Crippen LogP contribution >= 0.6 is 0 Å². The largest absolute Gasteiger partial charge is 0.497 e. The summed E-state index contributed by atoms with van der Waals surface area (Å²) < 4.78 is 10.8. The molecule has 4 N–H and O–H groups in total. The molecule has 11 heteroatoms. The first-order valence-corrected chi connectivity index (χ1v) is 13.2. The average molecular weight is 541 g/mol. The number of rotatable bonds is 11. The van der Waals surface area contributed by atoms with E-state index >= 15 is 0 Å². The van der Waals surface area contributed by atoms with Crippen LogP contribution in [0.25, 0.3) is 0 Å². The van der Waals surface area contributed by atoms with Crippen LogP contribution in [0.3, 0.4) is 0 Å². The highest BCUT2D eigenvalue weighted by Crippen LogP contribution is 2.41. The third-order valence-electron chi connectivity index (χ3n) is 6.35. The van der Waals surface area contributed by atoms with Crippen molar-refractivity contribution < 1.29 is 23.9 Å². The summed E-state index contributed by atoms with van der Waals surface area (Å²) in [6.07, 6.45) is 2.71. The number of hydrogen-bond donors (Lipinski definition) is 3. The number of nitrogens with two attached hydrogens (primary N) is 1. The molecule has 3 amide bonds. The van der Waals surface area contributed by atoms with Crippen molar-refractivity contribution in [1.29, 1.82) is 0 Å². The summed E-state index contributed by atoms with van der Waals surface area (Å²) in [5.41, 5.74) is 8.30. The molecule has 11 nitrogen and oxygen atoms in total. The van der Waals surface area contributed by atoms with E-state index in [2.05, 4.69) is 15.6 Å². The summed E-state index contributed by atoms with van der Waals surface area (Å²) >= 11 is 0. The number of carbonyl (C=O) groups excluding carboxylic acids is 3. The van der Waals surface area contributed by atoms with Crippen LogP contribution in [0.15, 0.2) is 18.2 Å². The topological polar surface area (TPSA) is 149 Å². The summed E-state index contributed by atoms with van der Waals surface area (Å²) in [5, 5.41) is 6.07. The number of carbonyl (C=O) groups is 3. The molecular formula is C28H40N6O5. The van der Waals surface area contributed by atoms with E-state index < -0.39 is 23.6 Å². The van der Waals surface area contributed by atoms with Crippen molar-refractivity contribution in [2.45, 2.75) is 77.9 Å². The Bertz CT molecular complexity index is 1220. The number of anilines is 2. The predicted octanol–water partition coefficient (Wildman–Crippen LogP) is 3.68. The number of ether oxygens (including phenoxy) is 2. The van der Waals surface area contributed by atoms with Crippen molar-refractivity contribution in [2.24, 2.45) is 5.73 Å². The first-order chi connectivity index (χ1) is 18.3. The molecule has 1 aromatic heterocycles. The quantitative estimate of drug-likeness (QED) is 0.391. The van der Waals surface area contributed by atoms with Crippen LogP contribution in [0, 0.1) is 0 Å². The van der Waals surface area contributed by atoms with Crippen LogP contribution in [-0.4, -0.2) is 65.1 Å². The zero-order valence-corrected chi connectivity index (χ0v) is 23.9. The molecule has 212 valence electrons. The van der Waals surface area contributed by atoms with Crippen LogP contribution < -0.4 is 21.1 Å². The number of hydrogen-bond acceptors (Lipinski definition) is 8. The number of aromatic nitrogens is 2. The van der Waals surface area contributed by atoms with Gasteiger partial charge in [0.1, 0.15) is 17.4 Å². The van der Waals surface area contributed by atoms with E-state index in [9.17, 15) is 14.4 Å². The summed E-state index contributed by atoms with van der Waals surface area (Å²) in [7, 11) is 3.10. The van der Waals surface area contributed by atoms with Gasteiger partial charge in [-0.2, -0.15) is 0 Å². The van der Waals surface area contributed by atoms with Gasteiger partial charge in [-0.3, -0.25) is 14.5 Å². The molecule has 0 spiro atoms. The van der Waals surface area contributed by atoms with Crippen molar-refractivity contribution >= 4 is 29.4 Å². The molecule has 3 rings (SSSR count). The van der Waals surface area contributed by atoms with Gasteiger partial charge >= 0.3 is 6.09 Å². The van der Waals surface area contributed by atoms with Gasteiger partial charge in [-0.1, -0.05) is 6.92 Å². The van der Waals surface area contributed by atoms with E-state index in [1.54, 1.807) is 40.9 Å². The van der Waals surface area contributed by atoms with Gasteiger partial charge in [-0.15, -0.1) is 0 Å². The zero-order valence-electron chi connectivity index (χ0n) is 23.9. The van der Waals surface area contributed by atoms with Crippen LogP contribution in [0.5, 0.6) is 5.75 Å². The minimum atomic E-state index is -0.708. The zero-order chi connectivity index (χ0) is 28.9. The van der Waals surface area contributed by atoms with Gasteiger partial charge in [0.15, 0.2) is 11.5 Å². The van der Waals surface area contributed by atoms with Gasteiger partial charge < -0.3 is 25.8 Å². The van der Waals surface area contributed by atoms with Crippen molar-refractivity contribution in [1.82, 2.24) is 20.2 Å². The Kier molecular flexibility index (Phi) is 9.36. The minimum absolute atomic E-state index is 0.0935. The lowest BCUT2D eigenvalue weighted by Gasteiger charge is -2.28. The summed E-state index contributed by atoms with van der Waals surface area (Å²) in [6, 6.07) is 4.84. The second-order valence-electron chi connectivity index (χ2n) is 10.7. The summed E-state index contributed by atoms with van der Waals surface area (Å²) in [6.45, 7) is 9.28. The van der Waals surface area contributed by atoms with Crippen molar-refractivity contribution in [3.05, 3.63) is 40.8 Å². The number of primary amides is 1. The van der Waals surface area contributed by atoms with Crippen molar-refractivity contribution in [3.8, 4) is 5.75 Å². The number of nitrogens with one attached hydrogen (secondary N) is 2. The van der Waals surface area contributed by atoms with E-state index in [4.69, 9.17) is 20.2 Å². The van der Waals surface area contributed by atoms with E-state index in [-0.39, 0.29) is 11.6 Å². The SMILES string of the molecule is CCc1nc(C(N)=O)c(Nc2cc(CCNC(=O)[C@H](C)N(C)C(=O)OC(C)(C)C)cc(OC)c2)nc1C1CC1. The smallest absolute Gasteiger partial charge is 0.410 e. The fourth-order valence-corrected chi connectivity index (χ4v) is 3.96. The standard InChI is InChI=1S/C28H40N6O5/c1-8-21-22(18-9-10-18)33-25(23(32-21)24(29)35)31-19-13-17(14-20(15-19)38-7)11-12-30-26(36)16(2)34(6)27(37)39-28(3,4)5/h13-16,18H,8-12H2,1-7H3,(H2,29,35)(H,30,36)(H,31,33)/t16-/m0/s1. The summed E-state index contributed by atoms with van der Waals surface area (Å²) in [4.78, 5) is 47.7. The lowest BCUT2D eigenvalue weighted by atomic mass is 10.1. The Labute approximate surface area is 229 Å². The average Bonchev–Trinajstić information content (AvgIpc) is 3.71. The van der Waals surface area contributed by atoms with Gasteiger partial charge in [0, 0.05) is 31.3 Å². The molecule has 0 saturated heterocycles. The molecule has 2 aromatic rings. The normalized spacial score (nSPS) is 13.8. The Morgan fingerprint density at radius 2 is 1.87 bits per heavy atom. The number of likely N-dealkylation sites (N-methyl/N-ethyl adjacent to an activating group) is 1. The fraction of sp³-hybridized carbons (Fsp3) is 0.536. The van der Waals surface area contributed by atoms with Gasteiger partial charge in [-0.25, -0.2) is 14.8 Å². The lowest BCUT2D eigenvalue weighted by molar-refractivity contribution is -0.125. The molecule has 0 aliphatic heterocycles.